The molecular weight excluding hydrogens is 521 g/mol. The molecule has 2 aliphatic rings. The van der Waals surface area contributed by atoms with Crippen LogP contribution in [-0.2, 0) is 0 Å². The van der Waals surface area contributed by atoms with E-state index in [0.717, 1.165) is 25.6 Å². The SMILES string of the molecule is Cc1nc2c(F)cc(-c3nc(Nc4ccc(C(=O)N5CCC6NCCC6C5)c(F)n4)ncc3F)cc2n1C(C)C. The van der Waals surface area contributed by atoms with Crippen LogP contribution in [0.3, 0.4) is 0 Å². The average molecular weight is 551 g/mol. The summed E-state index contributed by atoms with van der Waals surface area (Å²) in [5, 5.41) is 6.20. The second kappa shape index (κ2) is 10.2. The Bertz CT molecular complexity index is 1620. The monoisotopic (exact) mass is 550 g/mol. The van der Waals surface area contributed by atoms with E-state index in [4.69, 9.17) is 0 Å². The molecule has 2 N–H and O–H groups in total. The smallest absolute Gasteiger partial charge is 0.258 e. The number of anilines is 2. The number of hydrogen-bond acceptors (Lipinski definition) is 7. The molecular formula is C28H29F3N8O. The van der Waals surface area contributed by atoms with Gasteiger partial charge in [0.15, 0.2) is 11.6 Å². The van der Waals surface area contributed by atoms with Crippen LogP contribution in [-0.4, -0.2) is 61.0 Å². The number of pyridine rings is 1. The molecule has 2 saturated heterocycles. The number of hydrogen-bond donors (Lipinski definition) is 2. The summed E-state index contributed by atoms with van der Waals surface area (Å²) in [4.78, 5) is 31.0. The molecule has 9 nitrogen and oxygen atoms in total. The van der Waals surface area contributed by atoms with Crippen molar-refractivity contribution < 1.29 is 18.0 Å². The Morgan fingerprint density at radius 2 is 1.93 bits per heavy atom. The van der Waals surface area contributed by atoms with Gasteiger partial charge in [-0.1, -0.05) is 0 Å². The molecule has 2 atom stereocenters. The molecule has 4 aromatic rings. The van der Waals surface area contributed by atoms with Gasteiger partial charge in [0.25, 0.3) is 5.91 Å². The number of fused-ring (bicyclic) bond motifs is 2. The third kappa shape index (κ3) is 4.66. The van der Waals surface area contributed by atoms with Crippen molar-refractivity contribution in [1.82, 2.24) is 34.7 Å². The van der Waals surface area contributed by atoms with E-state index < -0.39 is 23.5 Å². The zero-order valence-electron chi connectivity index (χ0n) is 22.4. The quantitative estimate of drug-likeness (QED) is 0.346. The Morgan fingerprint density at radius 1 is 1.10 bits per heavy atom. The zero-order valence-corrected chi connectivity index (χ0v) is 22.4. The lowest BCUT2D eigenvalue weighted by atomic mass is 9.93. The number of imidazole rings is 1. The fraction of sp³-hybridized carbons (Fsp3) is 0.393. The van der Waals surface area contributed by atoms with Crippen molar-refractivity contribution in [3.63, 3.8) is 0 Å². The number of amides is 1. The van der Waals surface area contributed by atoms with Gasteiger partial charge in [-0.2, -0.15) is 4.39 Å². The van der Waals surface area contributed by atoms with Gasteiger partial charge in [-0.3, -0.25) is 4.79 Å². The lowest BCUT2D eigenvalue weighted by Gasteiger charge is -2.34. The maximum Gasteiger partial charge on any atom is 0.258 e. The third-order valence-electron chi connectivity index (χ3n) is 7.72. The predicted octanol–water partition coefficient (Wildman–Crippen LogP) is 4.76. The van der Waals surface area contributed by atoms with Crippen molar-refractivity contribution in [2.45, 2.75) is 45.7 Å². The molecule has 0 spiro atoms. The van der Waals surface area contributed by atoms with Crippen LogP contribution in [0.25, 0.3) is 22.3 Å². The normalized spacial score (nSPS) is 18.9. The number of nitrogens with zero attached hydrogens (tertiary/aromatic N) is 6. The maximum atomic E-state index is 15.0. The molecule has 5 heterocycles. The summed E-state index contributed by atoms with van der Waals surface area (Å²) in [5.41, 5.74) is 0.672. The van der Waals surface area contributed by atoms with Crippen molar-refractivity contribution in [2.75, 3.05) is 25.0 Å². The van der Waals surface area contributed by atoms with E-state index in [1.165, 1.54) is 18.2 Å². The minimum atomic E-state index is -0.922. The average Bonchev–Trinajstić information content (AvgIpc) is 3.53. The van der Waals surface area contributed by atoms with Crippen LogP contribution in [0.2, 0.25) is 0 Å². The first-order valence-corrected chi connectivity index (χ1v) is 13.4. The van der Waals surface area contributed by atoms with E-state index >= 15 is 0 Å². The molecule has 3 aromatic heterocycles. The van der Waals surface area contributed by atoms with Crippen molar-refractivity contribution in [1.29, 1.82) is 0 Å². The summed E-state index contributed by atoms with van der Waals surface area (Å²) < 4.78 is 46.6. The number of aromatic nitrogens is 5. The van der Waals surface area contributed by atoms with Crippen LogP contribution in [0.1, 0.15) is 48.9 Å². The molecule has 0 aliphatic carbocycles. The molecule has 40 heavy (non-hydrogen) atoms. The van der Waals surface area contributed by atoms with Crippen molar-refractivity contribution in [3.8, 4) is 11.3 Å². The molecule has 0 bridgehead atoms. The van der Waals surface area contributed by atoms with Crippen LogP contribution in [0, 0.1) is 30.4 Å². The first kappa shape index (κ1) is 26.2. The first-order chi connectivity index (χ1) is 19.2. The number of nitrogens with one attached hydrogen (secondary N) is 2. The van der Waals surface area contributed by atoms with Gasteiger partial charge in [-0.25, -0.2) is 28.7 Å². The number of carbonyl (C=O) groups excluding carboxylic acids is 1. The van der Waals surface area contributed by atoms with Crippen LogP contribution in [0.5, 0.6) is 0 Å². The largest absolute Gasteiger partial charge is 0.338 e. The van der Waals surface area contributed by atoms with Crippen LogP contribution < -0.4 is 10.6 Å². The highest BCUT2D eigenvalue weighted by molar-refractivity contribution is 5.94. The van der Waals surface area contributed by atoms with Gasteiger partial charge in [-0.15, -0.1) is 0 Å². The Morgan fingerprint density at radius 3 is 2.70 bits per heavy atom. The molecule has 12 heteroatoms. The van der Waals surface area contributed by atoms with E-state index in [9.17, 15) is 18.0 Å². The second-order valence-corrected chi connectivity index (χ2v) is 10.6. The standard InChI is InChI=1S/C28H29F3N8O/c1-14(2)39-15(3)34-25-19(29)10-17(11-22(25)39)24-20(30)12-33-28(37-24)36-23-5-4-18(26(31)35-23)27(40)38-9-7-21-16(13-38)6-8-32-21/h4-5,10-12,14,16,21,32H,6-9,13H2,1-3H3,(H,33,35,36,37). The third-order valence-corrected chi connectivity index (χ3v) is 7.72. The fourth-order valence-electron chi connectivity index (χ4n) is 5.87. The van der Waals surface area contributed by atoms with Gasteiger partial charge in [-0.05, 0) is 70.3 Å². The minimum absolute atomic E-state index is 0.00879. The molecule has 2 aliphatic heterocycles. The zero-order chi connectivity index (χ0) is 28.1. The predicted molar refractivity (Wildman–Crippen MR) is 144 cm³/mol. The number of halogens is 3. The van der Waals surface area contributed by atoms with Gasteiger partial charge < -0.3 is 20.1 Å². The summed E-state index contributed by atoms with van der Waals surface area (Å²) >= 11 is 0. The Balaban J connectivity index is 1.25. The molecule has 208 valence electrons. The molecule has 2 unspecified atom stereocenters. The van der Waals surface area contributed by atoms with Gasteiger partial charge in [0.1, 0.15) is 22.9 Å². The van der Waals surface area contributed by atoms with E-state index in [-0.39, 0.29) is 40.1 Å². The number of benzene rings is 1. The lowest BCUT2D eigenvalue weighted by Crippen LogP contribution is -2.47. The van der Waals surface area contributed by atoms with Gasteiger partial charge in [0.2, 0.25) is 11.9 Å². The first-order valence-electron chi connectivity index (χ1n) is 13.4. The summed E-state index contributed by atoms with van der Waals surface area (Å²) in [5.74, 6) is -1.67. The maximum absolute atomic E-state index is 15.0. The fourth-order valence-corrected chi connectivity index (χ4v) is 5.87. The Labute approximate surface area is 228 Å². The molecule has 2 fully saturated rings. The topological polar surface area (TPSA) is 101 Å². The van der Waals surface area contributed by atoms with Gasteiger partial charge in [0.05, 0.1) is 17.3 Å². The number of piperidine rings is 1. The van der Waals surface area contributed by atoms with Gasteiger partial charge in [0, 0.05) is 30.7 Å². The number of likely N-dealkylation sites (tertiary alicyclic amines) is 1. The highest BCUT2D eigenvalue weighted by Crippen LogP contribution is 2.31. The van der Waals surface area contributed by atoms with Crippen molar-refractivity contribution in [3.05, 3.63) is 59.4 Å². The Hall–Kier alpha value is -4.06. The van der Waals surface area contributed by atoms with E-state index in [1.807, 2.05) is 18.4 Å². The number of rotatable bonds is 5. The minimum Gasteiger partial charge on any atom is -0.338 e. The van der Waals surface area contributed by atoms with Crippen molar-refractivity contribution in [2.24, 2.45) is 5.92 Å². The van der Waals surface area contributed by atoms with Crippen LogP contribution >= 0.6 is 0 Å². The number of aryl methyl sites for hydroxylation is 1. The summed E-state index contributed by atoms with van der Waals surface area (Å²) in [6.45, 7) is 7.77. The Kier molecular flexibility index (Phi) is 6.65. The molecule has 0 radical (unpaired) electrons. The van der Waals surface area contributed by atoms with E-state index in [2.05, 4.69) is 30.6 Å². The number of carbonyl (C=O) groups is 1. The second-order valence-electron chi connectivity index (χ2n) is 10.6. The molecule has 1 amide bonds. The molecule has 6 rings (SSSR count). The van der Waals surface area contributed by atoms with Gasteiger partial charge >= 0.3 is 0 Å². The van der Waals surface area contributed by atoms with E-state index in [0.29, 0.717) is 36.4 Å². The molecule has 0 saturated carbocycles. The van der Waals surface area contributed by atoms with Crippen molar-refractivity contribution >= 4 is 28.7 Å². The summed E-state index contributed by atoms with van der Waals surface area (Å²) in [6, 6.07) is 6.05. The highest BCUT2D eigenvalue weighted by atomic mass is 19.1. The van der Waals surface area contributed by atoms with Crippen LogP contribution in [0.4, 0.5) is 24.9 Å². The molecule has 1 aromatic carbocycles. The lowest BCUT2D eigenvalue weighted by molar-refractivity contribution is 0.0656. The summed E-state index contributed by atoms with van der Waals surface area (Å²) in [6.07, 6.45) is 2.79. The van der Waals surface area contributed by atoms with Crippen LogP contribution in [0.15, 0.2) is 30.5 Å². The summed E-state index contributed by atoms with van der Waals surface area (Å²) in [7, 11) is 0. The van der Waals surface area contributed by atoms with E-state index in [1.54, 1.807) is 17.9 Å². The highest BCUT2D eigenvalue weighted by Gasteiger charge is 2.35.